The molecule has 3 rings (SSSR count). The van der Waals surface area contributed by atoms with Crippen LogP contribution in [0.5, 0.6) is 5.75 Å². The van der Waals surface area contributed by atoms with Crippen LogP contribution in [0.3, 0.4) is 0 Å². The standard InChI is InChI=1S/C23H27F3N2O3/c24-23(25,26)20-7-4-8-21(12-20)31-16-18-11-19(22(30)27-9-10-29)15-28(14-18)13-17-5-2-1-3-6-17/h1-8,12,18-19,29H,9-11,13-16H2,(H,27,30)/t18-,19+/m0/s1. The fraction of sp³-hybridized carbons (Fsp3) is 0.435. The maximum Gasteiger partial charge on any atom is 0.416 e. The molecule has 2 N–H and O–H groups in total. The second-order valence-electron chi connectivity index (χ2n) is 7.83. The highest BCUT2D eigenvalue weighted by Crippen LogP contribution is 2.32. The minimum atomic E-state index is -4.42. The van der Waals surface area contributed by atoms with E-state index < -0.39 is 11.7 Å². The highest BCUT2D eigenvalue weighted by Gasteiger charge is 2.33. The zero-order valence-electron chi connectivity index (χ0n) is 17.1. The SMILES string of the molecule is O=C(NCCO)[C@@H]1C[C@H](COc2cccc(C(F)(F)F)c2)CN(Cc2ccccc2)C1. The summed E-state index contributed by atoms with van der Waals surface area (Å²) in [5.74, 6) is -0.261. The van der Waals surface area contributed by atoms with Crippen molar-refractivity contribution < 1.29 is 27.8 Å². The Bertz CT molecular complexity index is 845. The number of carbonyl (C=O) groups is 1. The van der Waals surface area contributed by atoms with Gasteiger partial charge in [0.2, 0.25) is 5.91 Å². The summed E-state index contributed by atoms with van der Waals surface area (Å²) >= 11 is 0. The zero-order valence-corrected chi connectivity index (χ0v) is 17.1. The van der Waals surface area contributed by atoms with Crippen molar-refractivity contribution in [2.75, 3.05) is 32.8 Å². The maximum atomic E-state index is 12.9. The van der Waals surface area contributed by atoms with Crippen LogP contribution >= 0.6 is 0 Å². The second kappa shape index (κ2) is 10.6. The zero-order chi connectivity index (χ0) is 22.3. The number of hydrogen-bond acceptors (Lipinski definition) is 4. The number of aliphatic hydroxyl groups is 1. The van der Waals surface area contributed by atoms with Crippen molar-refractivity contribution in [3.8, 4) is 5.75 Å². The van der Waals surface area contributed by atoms with Crippen LogP contribution in [0.4, 0.5) is 13.2 Å². The summed E-state index contributed by atoms with van der Waals surface area (Å²) in [5, 5.41) is 11.7. The smallest absolute Gasteiger partial charge is 0.416 e. The predicted molar refractivity (Wildman–Crippen MR) is 110 cm³/mol. The van der Waals surface area contributed by atoms with Gasteiger partial charge in [-0.1, -0.05) is 36.4 Å². The molecule has 0 saturated carbocycles. The molecule has 1 aliphatic heterocycles. The number of ether oxygens (including phenoxy) is 1. The lowest BCUT2D eigenvalue weighted by Gasteiger charge is -2.37. The van der Waals surface area contributed by atoms with E-state index in [9.17, 15) is 18.0 Å². The van der Waals surface area contributed by atoms with Crippen LogP contribution in [-0.2, 0) is 17.5 Å². The first kappa shape index (κ1) is 23.1. The van der Waals surface area contributed by atoms with Crippen LogP contribution in [0, 0.1) is 11.8 Å². The number of nitrogens with one attached hydrogen (secondary N) is 1. The van der Waals surface area contributed by atoms with Crippen molar-refractivity contribution in [2.45, 2.75) is 19.1 Å². The number of nitrogens with zero attached hydrogens (tertiary/aromatic N) is 1. The number of alkyl halides is 3. The van der Waals surface area contributed by atoms with Crippen molar-refractivity contribution in [1.82, 2.24) is 10.2 Å². The normalized spacial score (nSPS) is 19.7. The fourth-order valence-electron chi connectivity index (χ4n) is 3.88. The Morgan fingerprint density at radius 3 is 2.61 bits per heavy atom. The Kier molecular flexibility index (Phi) is 7.92. The van der Waals surface area contributed by atoms with Crippen LogP contribution in [-0.4, -0.2) is 48.8 Å². The minimum absolute atomic E-state index is 0.0168. The van der Waals surface area contributed by atoms with Gasteiger partial charge in [0.15, 0.2) is 0 Å². The van der Waals surface area contributed by atoms with Crippen molar-refractivity contribution in [3.63, 3.8) is 0 Å². The average Bonchev–Trinajstić information content (AvgIpc) is 2.76. The number of likely N-dealkylation sites (tertiary alicyclic amines) is 1. The number of carbonyl (C=O) groups excluding carboxylic acids is 1. The highest BCUT2D eigenvalue weighted by molar-refractivity contribution is 5.79. The molecule has 8 heteroatoms. The monoisotopic (exact) mass is 436 g/mol. The van der Waals surface area contributed by atoms with Crippen molar-refractivity contribution in [1.29, 1.82) is 0 Å². The van der Waals surface area contributed by atoms with Gasteiger partial charge in [0.05, 0.1) is 24.7 Å². The number of hydrogen-bond donors (Lipinski definition) is 2. The number of rotatable bonds is 8. The fourth-order valence-corrected chi connectivity index (χ4v) is 3.88. The molecule has 1 fully saturated rings. The van der Waals surface area contributed by atoms with Gasteiger partial charge in [0, 0.05) is 32.1 Å². The molecule has 1 amide bonds. The Hall–Kier alpha value is -2.58. The van der Waals surface area contributed by atoms with Crippen molar-refractivity contribution in [2.24, 2.45) is 11.8 Å². The molecule has 31 heavy (non-hydrogen) atoms. The summed E-state index contributed by atoms with van der Waals surface area (Å²) in [6, 6.07) is 14.7. The maximum absolute atomic E-state index is 12.9. The summed E-state index contributed by atoms with van der Waals surface area (Å²) in [7, 11) is 0. The third-order valence-corrected chi connectivity index (χ3v) is 5.29. The average molecular weight is 436 g/mol. The first-order chi connectivity index (χ1) is 14.8. The van der Waals surface area contributed by atoms with E-state index in [1.54, 1.807) is 0 Å². The van der Waals surface area contributed by atoms with E-state index in [4.69, 9.17) is 9.84 Å². The molecule has 1 saturated heterocycles. The van der Waals surface area contributed by atoms with Crippen molar-refractivity contribution >= 4 is 5.91 Å². The molecular weight excluding hydrogens is 409 g/mol. The van der Waals surface area contributed by atoms with Gasteiger partial charge < -0.3 is 15.2 Å². The summed E-state index contributed by atoms with van der Waals surface area (Å²) in [6.07, 6.45) is -3.85. The molecule has 5 nitrogen and oxygen atoms in total. The van der Waals surface area contributed by atoms with E-state index in [0.717, 1.165) is 17.7 Å². The molecule has 0 bridgehead atoms. The molecule has 0 unspecified atom stereocenters. The van der Waals surface area contributed by atoms with Gasteiger partial charge in [-0.25, -0.2) is 0 Å². The number of piperidine rings is 1. The number of halogens is 3. The Morgan fingerprint density at radius 2 is 1.90 bits per heavy atom. The summed E-state index contributed by atoms with van der Waals surface area (Å²) in [5.41, 5.74) is 0.372. The molecule has 2 aromatic carbocycles. The highest BCUT2D eigenvalue weighted by atomic mass is 19.4. The van der Waals surface area contributed by atoms with E-state index in [-0.39, 0.29) is 43.3 Å². The van der Waals surface area contributed by atoms with E-state index in [1.807, 2.05) is 30.3 Å². The van der Waals surface area contributed by atoms with Crippen LogP contribution in [0.1, 0.15) is 17.5 Å². The molecule has 0 radical (unpaired) electrons. The molecule has 168 valence electrons. The molecule has 0 aromatic heterocycles. The van der Waals surface area contributed by atoms with Crippen molar-refractivity contribution in [3.05, 3.63) is 65.7 Å². The lowest BCUT2D eigenvalue weighted by molar-refractivity contribution is -0.137. The van der Waals surface area contributed by atoms with Crippen LogP contribution < -0.4 is 10.1 Å². The van der Waals surface area contributed by atoms with Crippen LogP contribution in [0.25, 0.3) is 0 Å². The number of amides is 1. The topological polar surface area (TPSA) is 61.8 Å². The molecule has 0 spiro atoms. The van der Waals surface area contributed by atoms with Gasteiger partial charge in [-0.3, -0.25) is 9.69 Å². The molecule has 0 aliphatic carbocycles. The lowest BCUT2D eigenvalue weighted by Crippen LogP contribution is -2.47. The van der Waals surface area contributed by atoms with E-state index >= 15 is 0 Å². The van der Waals surface area contributed by atoms with Gasteiger partial charge in [-0.15, -0.1) is 0 Å². The predicted octanol–water partition coefficient (Wildman–Crippen LogP) is 3.33. The Balaban J connectivity index is 1.66. The quantitative estimate of drug-likeness (QED) is 0.667. The van der Waals surface area contributed by atoms with Gasteiger partial charge >= 0.3 is 6.18 Å². The molecule has 2 aromatic rings. The van der Waals surface area contributed by atoms with E-state index in [0.29, 0.717) is 26.1 Å². The van der Waals surface area contributed by atoms with Crippen LogP contribution in [0.2, 0.25) is 0 Å². The largest absolute Gasteiger partial charge is 0.493 e. The molecular formula is C23H27F3N2O3. The summed E-state index contributed by atoms with van der Waals surface area (Å²) in [4.78, 5) is 14.7. The van der Waals surface area contributed by atoms with Gasteiger partial charge in [-0.05, 0) is 30.2 Å². The third-order valence-electron chi connectivity index (χ3n) is 5.29. The number of aliphatic hydroxyl groups excluding tert-OH is 1. The molecule has 1 aliphatic rings. The first-order valence-electron chi connectivity index (χ1n) is 10.3. The Morgan fingerprint density at radius 1 is 1.13 bits per heavy atom. The van der Waals surface area contributed by atoms with E-state index in [1.165, 1.54) is 12.1 Å². The minimum Gasteiger partial charge on any atom is -0.493 e. The van der Waals surface area contributed by atoms with Gasteiger partial charge in [0.1, 0.15) is 5.75 Å². The Labute approximate surface area is 179 Å². The molecule has 2 atom stereocenters. The van der Waals surface area contributed by atoms with Gasteiger partial charge in [0.25, 0.3) is 0 Å². The van der Waals surface area contributed by atoms with Gasteiger partial charge in [-0.2, -0.15) is 13.2 Å². The summed E-state index contributed by atoms with van der Waals surface area (Å²) in [6.45, 7) is 2.21. The summed E-state index contributed by atoms with van der Waals surface area (Å²) < 4.78 is 44.5. The number of benzene rings is 2. The van der Waals surface area contributed by atoms with E-state index in [2.05, 4.69) is 10.2 Å². The second-order valence-corrected chi connectivity index (χ2v) is 7.83. The molecule has 1 heterocycles. The third kappa shape index (κ3) is 6.97. The lowest BCUT2D eigenvalue weighted by atomic mass is 9.88. The van der Waals surface area contributed by atoms with Crippen LogP contribution in [0.15, 0.2) is 54.6 Å². The first-order valence-corrected chi connectivity index (χ1v) is 10.3.